The van der Waals surface area contributed by atoms with Gasteiger partial charge in [-0.3, -0.25) is 14.5 Å². The molecule has 0 heterocycles. The number of carboxylic acids is 1. The number of phenolic OH excluding ortho intramolecular Hbond substituents is 1. The molecule has 2 N–H and O–H groups in total. The average Bonchev–Trinajstić information content (AvgIpc) is 2.76. The Morgan fingerprint density at radius 1 is 0.710 bits per heavy atom. The first-order valence-electron chi connectivity index (χ1n) is 9.88. The number of carboxylic acid groups (broad SMARTS) is 1. The fraction of sp³-hybridized carbons (Fsp3) is 0.160. The molecule has 158 valence electrons. The smallest absolute Gasteiger partial charge is 0.327 e. The van der Waals surface area contributed by atoms with Gasteiger partial charge in [-0.05, 0) is 22.8 Å². The van der Waals surface area contributed by atoms with Gasteiger partial charge in [0, 0.05) is 6.42 Å². The van der Waals surface area contributed by atoms with Crippen molar-refractivity contribution in [1.29, 1.82) is 0 Å². The van der Waals surface area contributed by atoms with Crippen molar-refractivity contribution < 1.29 is 24.6 Å². The summed E-state index contributed by atoms with van der Waals surface area (Å²) in [5.41, 5.74) is 1.70. The molecule has 0 bridgehead atoms. The second kappa shape index (κ2) is 10.2. The third kappa shape index (κ3) is 5.79. The van der Waals surface area contributed by atoms with E-state index in [0.717, 1.165) is 4.90 Å². The normalized spacial score (nSPS) is 11.5. The summed E-state index contributed by atoms with van der Waals surface area (Å²) in [6.45, 7) is 0. The maximum Gasteiger partial charge on any atom is 0.327 e. The Hall–Kier alpha value is -3.93. The van der Waals surface area contributed by atoms with Gasteiger partial charge in [0.15, 0.2) is 0 Å². The van der Waals surface area contributed by atoms with Gasteiger partial charge >= 0.3 is 5.97 Å². The zero-order valence-corrected chi connectivity index (χ0v) is 16.8. The van der Waals surface area contributed by atoms with Crippen LogP contribution in [0.3, 0.4) is 0 Å². The second-order valence-electron chi connectivity index (χ2n) is 7.17. The number of imide groups is 1. The zero-order valence-electron chi connectivity index (χ0n) is 16.8. The number of hydrogen-bond acceptors (Lipinski definition) is 4. The highest BCUT2D eigenvalue weighted by Gasteiger charge is 2.35. The van der Waals surface area contributed by atoms with Crippen LogP contribution >= 0.6 is 0 Å². The summed E-state index contributed by atoms with van der Waals surface area (Å²) in [5, 5.41) is 20.0. The molecule has 6 nitrogen and oxygen atoms in total. The molecule has 2 amide bonds. The van der Waals surface area contributed by atoms with Crippen molar-refractivity contribution in [2.75, 3.05) is 0 Å². The monoisotopic (exact) mass is 417 g/mol. The fourth-order valence-electron chi connectivity index (χ4n) is 3.38. The second-order valence-corrected chi connectivity index (χ2v) is 7.17. The summed E-state index contributed by atoms with van der Waals surface area (Å²) in [6, 6.07) is 22.6. The molecule has 1 unspecified atom stereocenters. The van der Waals surface area contributed by atoms with E-state index in [1.54, 1.807) is 66.7 Å². The molecule has 6 heteroatoms. The number of aliphatic carboxylic acids is 1. The Labute approximate surface area is 180 Å². The molecule has 0 saturated carbocycles. The van der Waals surface area contributed by atoms with Crippen LogP contribution < -0.4 is 0 Å². The number of carbonyl (C=O) groups excluding carboxylic acids is 2. The summed E-state index contributed by atoms with van der Waals surface area (Å²) in [6.07, 6.45) is -0.402. The molecule has 0 fully saturated rings. The molecule has 0 aliphatic heterocycles. The molecular weight excluding hydrogens is 394 g/mol. The van der Waals surface area contributed by atoms with Gasteiger partial charge in [-0.15, -0.1) is 0 Å². The van der Waals surface area contributed by atoms with Gasteiger partial charge in [0.05, 0.1) is 12.8 Å². The van der Waals surface area contributed by atoms with Crippen LogP contribution in [0.2, 0.25) is 0 Å². The summed E-state index contributed by atoms with van der Waals surface area (Å²) in [5.74, 6) is -2.60. The predicted molar refractivity (Wildman–Crippen MR) is 115 cm³/mol. The molecule has 1 atom stereocenters. The first-order chi connectivity index (χ1) is 15.0. The van der Waals surface area contributed by atoms with Crippen molar-refractivity contribution in [3.05, 3.63) is 102 Å². The number of amides is 2. The number of hydrogen-bond donors (Lipinski definition) is 2. The lowest BCUT2D eigenvalue weighted by atomic mass is 10.0. The number of benzene rings is 3. The number of phenols is 1. The van der Waals surface area contributed by atoms with Crippen molar-refractivity contribution in [3.8, 4) is 5.75 Å². The first kappa shape index (κ1) is 21.8. The third-order valence-electron chi connectivity index (χ3n) is 4.94. The van der Waals surface area contributed by atoms with Crippen molar-refractivity contribution in [3.63, 3.8) is 0 Å². The molecule has 0 aliphatic carbocycles. The molecule has 0 spiro atoms. The van der Waals surface area contributed by atoms with Crippen LogP contribution in [0.4, 0.5) is 0 Å². The number of rotatable bonds is 8. The van der Waals surface area contributed by atoms with Crippen LogP contribution in [-0.2, 0) is 33.6 Å². The lowest BCUT2D eigenvalue weighted by Gasteiger charge is -2.28. The van der Waals surface area contributed by atoms with Crippen molar-refractivity contribution >= 4 is 17.8 Å². The summed E-state index contributed by atoms with van der Waals surface area (Å²) < 4.78 is 0. The summed E-state index contributed by atoms with van der Waals surface area (Å²) in [4.78, 5) is 39.3. The highest BCUT2D eigenvalue weighted by atomic mass is 16.4. The van der Waals surface area contributed by atoms with E-state index in [1.165, 1.54) is 6.07 Å². The SMILES string of the molecule is O=C(O)C(Cc1ccccc1O)N(C(=O)Cc1ccccc1)C(=O)Cc1ccccc1. The van der Waals surface area contributed by atoms with Gasteiger partial charge < -0.3 is 10.2 Å². The van der Waals surface area contributed by atoms with E-state index in [9.17, 15) is 24.6 Å². The quantitative estimate of drug-likeness (QED) is 0.587. The maximum atomic E-state index is 13.1. The van der Waals surface area contributed by atoms with Gasteiger partial charge in [0.2, 0.25) is 11.8 Å². The average molecular weight is 417 g/mol. The van der Waals surface area contributed by atoms with Crippen LogP contribution in [0, 0.1) is 0 Å². The minimum Gasteiger partial charge on any atom is -0.508 e. The maximum absolute atomic E-state index is 13.1. The van der Waals surface area contributed by atoms with Crippen molar-refractivity contribution in [2.45, 2.75) is 25.3 Å². The van der Waals surface area contributed by atoms with Crippen LogP contribution in [0.1, 0.15) is 16.7 Å². The number of para-hydroxylation sites is 1. The zero-order chi connectivity index (χ0) is 22.2. The standard InChI is InChI=1S/C25H23NO5/c27-22-14-8-7-13-20(22)17-21(25(30)31)26(23(28)15-18-9-3-1-4-10-18)24(29)16-19-11-5-2-6-12-19/h1-14,21,27H,15-17H2,(H,30,31). The number of carbonyl (C=O) groups is 3. The Morgan fingerprint density at radius 3 is 1.61 bits per heavy atom. The van der Waals surface area contributed by atoms with Gasteiger partial charge in [-0.2, -0.15) is 0 Å². The van der Waals surface area contributed by atoms with Gasteiger partial charge in [0.1, 0.15) is 11.8 Å². The van der Waals surface area contributed by atoms with E-state index in [2.05, 4.69) is 0 Å². The van der Waals surface area contributed by atoms with Crippen molar-refractivity contribution in [1.82, 2.24) is 4.90 Å². The van der Waals surface area contributed by atoms with E-state index < -0.39 is 23.8 Å². The number of aromatic hydroxyl groups is 1. The Kier molecular flexibility index (Phi) is 7.17. The summed E-state index contributed by atoms with van der Waals surface area (Å²) >= 11 is 0. The van der Waals surface area contributed by atoms with E-state index in [1.807, 2.05) is 12.1 Å². The largest absolute Gasteiger partial charge is 0.508 e. The van der Waals surface area contributed by atoms with Crippen LogP contribution in [0.25, 0.3) is 0 Å². The molecule has 0 saturated heterocycles. The molecule has 0 aliphatic rings. The number of nitrogens with zero attached hydrogens (tertiary/aromatic N) is 1. The molecule has 0 radical (unpaired) electrons. The van der Waals surface area contributed by atoms with E-state index in [4.69, 9.17) is 0 Å². The van der Waals surface area contributed by atoms with Crippen LogP contribution in [0.5, 0.6) is 5.75 Å². The van der Waals surface area contributed by atoms with Gasteiger partial charge in [0.25, 0.3) is 0 Å². The fourth-order valence-corrected chi connectivity index (χ4v) is 3.38. The molecule has 0 aromatic heterocycles. The lowest BCUT2D eigenvalue weighted by molar-refractivity contribution is -0.157. The Balaban J connectivity index is 1.93. The molecule has 31 heavy (non-hydrogen) atoms. The topological polar surface area (TPSA) is 94.9 Å². The highest BCUT2D eigenvalue weighted by molar-refractivity contribution is 6.00. The third-order valence-corrected chi connectivity index (χ3v) is 4.94. The van der Waals surface area contributed by atoms with Crippen LogP contribution in [-0.4, -0.2) is 38.9 Å². The minimum atomic E-state index is -1.44. The lowest BCUT2D eigenvalue weighted by Crippen LogP contribution is -2.51. The minimum absolute atomic E-state index is 0.0836. The highest BCUT2D eigenvalue weighted by Crippen LogP contribution is 2.21. The van der Waals surface area contributed by atoms with E-state index >= 15 is 0 Å². The Bertz CT molecular complexity index is 996. The van der Waals surface area contributed by atoms with Crippen molar-refractivity contribution in [2.24, 2.45) is 0 Å². The molecule has 3 aromatic carbocycles. The van der Waals surface area contributed by atoms with Gasteiger partial charge in [-0.1, -0.05) is 78.9 Å². The molecule has 3 aromatic rings. The van der Waals surface area contributed by atoms with E-state index in [0.29, 0.717) is 16.7 Å². The molecular formula is C25H23NO5. The van der Waals surface area contributed by atoms with E-state index in [-0.39, 0.29) is 25.0 Å². The first-order valence-corrected chi connectivity index (χ1v) is 9.88. The van der Waals surface area contributed by atoms with Crippen LogP contribution in [0.15, 0.2) is 84.9 Å². The predicted octanol–water partition coefficient (Wildman–Crippen LogP) is 3.23. The molecule has 3 rings (SSSR count). The van der Waals surface area contributed by atoms with Gasteiger partial charge in [-0.25, -0.2) is 4.79 Å². The summed E-state index contributed by atoms with van der Waals surface area (Å²) in [7, 11) is 0. The Morgan fingerprint density at radius 2 is 1.16 bits per heavy atom.